The van der Waals surface area contributed by atoms with E-state index in [1.165, 1.54) is 0 Å². The number of ether oxygens (including phenoxy) is 1. The third-order valence-corrected chi connectivity index (χ3v) is 4.58. The summed E-state index contributed by atoms with van der Waals surface area (Å²) in [7, 11) is 0. The standard InChI is InChI=1S/C12H22N2O3S/c1-3-5-6-12(9-10(15)17-4-2)14(11(13)16)7-8-18-12/h3-9H2,1-2H3,(H2,13,16)/t12-/m0/s1. The number of thioether (sulfide) groups is 1. The Morgan fingerprint density at radius 2 is 2.17 bits per heavy atom. The highest BCUT2D eigenvalue weighted by atomic mass is 32.2. The number of nitrogens with two attached hydrogens (primary N) is 1. The number of carbonyl (C=O) groups is 2. The van der Waals surface area contributed by atoms with E-state index < -0.39 is 10.9 Å². The SMILES string of the molecule is CCCC[C@@]1(CC(=O)OCC)SCCN1C(N)=O. The Balaban J connectivity index is 2.80. The third-order valence-electron chi connectivity index (χ3n) is 3.09. The van der Waals surface area contributed by atoms with E-state index in [4.69, 9.17) is 10.5 Å². The number of primary amides is 1. The van der Waals surface area contributed by atoms with E-state index in [1.807, 2.05) is 0 Å². The van der Waals surface area contributed by atoms with Gasteiger partial charge in [-0.2, -0.15) is 0 Å². The molecule has 0 aromatic carbocycles. The first-order chi connectivity index (χ1) is 8.55. The fourth-order valence-electron chi connectivity index (χ4n) is 2.25. The highest BCUT2D eigenvalue weighted by Crippen LogP contribution is 2.42. The quantitative estimate of drug-likeness (QED) is 0.751. The van der Waals surface area contributed by atoms with Crippen LogP contribution in [-0.4, -0.2) is 40.7 Å². The molecule has 1 atom stereocenters. The molecule has 1 saturated heterocycles. The van der Waals surface area contributed by atoms with Gasteiger partial charge in [-0.05, 0) is 13.3 Å². The lowest BCUT2D eigenvalue weighted by Crippen LogP contribution is -2.49. The zero-order valence-corrected chi connectivity index (χ0v) is 11.9. The molecular weight excluding hydrogens is 252 g/mol. The summed E-state index contributed by atoms with van der Waals surface area (Å²) < 4.78 is 5.01. The highest BCUT2D eigenvalue weighted by molar-refractivity contribution is 8.00. The zero-order valence-electron chi connectivity index (χ0n) is 11.1. The molecule has 1 heterocycles. The van der Waals surface area contributed by atoms with Crippen molar-refractivity contribution in [2.45, 2.75) is 44.4 Å². The average molecular weight is 274 g/mol. The van der Waals surface area contributed by atoms with E-state index in [2.05, 4.69) is 6.92 Å². The molecule has 0 saturated carbocycles. The summed E-state index contributed by atoms with van der Waals surface area (Å²) in [6.45, 7) is 4.85. The van der Waals surface area contributed by atoms with Crippen LogP contribution in [-0.2, 0) is 9.53 Å². The second-order valence-electron chi connectivity index (χ2n) is 4.37. The molecule has 0 aromatic rings. The second kappa shape index (κ2) is 6.87. The minimum absolute atomic E-state index is 0.231. The molecule has 6 heteroatoms. The van der Waals surface area contributed by atoms with Gasteiger partial charge in [0.25, 0.3) is 0 Å². The fraction of sp³-hybridized carbons (Fsp3) is 0.833. The normalized spacial score (nSPS) is 23.1. The largest absolute Gasteiger partial charge is 0.466 e. The number of hydrogen-bond acceptors (Lipinski definition) is 4. The molecule has 104 valence electrons. The molecule has 1 fully saturated rings. The Hall–Kier alpha value is -0.910. The number of rotatable bonds is 6. The minimum Gasteiger partial charge on any atom is -0.466 e. The number of unbranched alkanes of at least 4 members (excludes halogenated alkanes) is 1. The summed E-state index contributed by atoms with van der Waals surface area (Å²) in [5.74, 6) is 0.570. The lowest BCUT2D eigenvalue weighted by atomic mass is 10.0. The van der Waals surface area contributed by atoms with Crippen molar-refractivity contribution in [2.24, 2.45) is 5.73 Å². The molecule has 2 amide bonds. The van der Waals surface area contributed by atoms with Gasteiger partial charge in [-0.25, -0.2) is 4.79 Å². The Kier molecular flexibility index (Phi) is 5.78. The van der Waals surface area contributed by atoms with Crippen LogP contribution < -0.4 is 5.73 Å². The molecule has 0 aromatic heterocycles. The number of nitrogens with zero attached hydrogens (tertiary/aromatic N) is 1. The van der Waals surface area contributed by atoms with Crippen molar-refractivity contribution < 1.29 is 14.3 Å². The first kappa shape index (κ1) is 15.1. The second-order valence-corrected chi connectivity index (χ2v) is 5.83. The first-order valence-corrected chi connectivity index (χ1v) is 7.41. The van der Waals surface area contributed by atoms with Crippen LogP contribution >= 0.6 is 11.8 Å². The van der Waals surface area contributed by atoms with Crippen molar-refractivity contribution in [3.05, 3.63) is 0 Å². The van der Waals surface area contributed by atoms with E-state index >= 15 is 0 Å². The van der Waals surface area contributed by atoms with Gasteiger partial charge < -0.3 is 15.4 Å². The van der Waals surface area contributed by atoms with Gasteiger partial charge in [-0.3, -0.25) is 4.79 Å². The van der Waals surface area contributed by atoms with Crippen molar-refractivity contribution in [1.82, 2.24) is 4.90 Å². The molecule has 0 unspecified atom stereocenters. The molecule has 2 N–H and O–H groups in total. The van der Waals surface area contributed by atoms with Crippen molar-refractivity contribution in [3.63, 3.8) is 0 Å². The van der Waals surface area contributed by atoms with E-state index in [-0.39, 0.29) is 12.4 Å². The predicted molar refractivity (Wildman–Crippen MR) is 72.3 cm³/mol. The minimum atomic E-state index is -0.492. The van der Waals surface area contributed by atoms with Gasteiger partial charge in [0.05, 0.1) is 13.0 Å². The van der Waals surface area contributed by atoms with Crippen LogP contribution in [0.2, 0.25) is 0 Å². The van der Waals surface area contributed by atoms with E-state index in [9.17, 15) is 9.59 Å². The van der Waals surface area contributed by atoms with Crippen molar-refractivity contribution >= 4 is 23.8 Å². The molecule has 5 nitrogen and oxygen atoms in total. The van der Waals surface area contributed by atoms with E-state index in [0.717, 1.165) is 25.0 Å². The van der Waals surface area contributed by atoms with Gasteiger partial charge in [0.1, 0.15) is 4.87 Å². The molecular formula is C12H22N2O3S. The van der Waals surface area contributed by atoms with Gasteiger partial charge in [-0.15, -0.1) is 11.8 Å². The summed E-state index contributed by atoms with van der Waals surface area (Å²) in [4.78, 5) is 24.4. The van der Waals surface area contributed by atoms with Crippen molar-refractivity contribution in [2.75, 3.05) is 18.9 Å². The predicted octanol–water partition coefficient (Wildman–Crippen LogP) is 1.95. The molecule has 1 rings (SSSR count). The number of esters is 1. The maximum absolute atomic E-state index is 11.7. The van der Waals surface area contributed by atoms with Crippen LogP contribution in [0.5, 0.6) is 0 Å². The Morgan fingerprint density at radius 3 is 2.72 bits per heavy atom. The lowest BCUT2D eigenvalue weighted by molar-refractivity contribution is -0.144. The molecule has 1 aliphatic rings. The number of carbonyl (C=O) groups excluding carboxylic acids is 2. The molecule has 0 radical (unpaired) electrons. The summed E-state index contributed by atoms with van der Waals surface area (Å²) in [5.41, 5.74) is 5.42. The molecule has 0 aliphatic carbocycles. The number of amides is 2. The third kappa shape index (κ3) is 3.54. The fourth-order valence-corrected chi connectivity index (χ4v) is 3.75. The average Bonchev–Trinajstić information content (AvgIpc) is 2.71. The van der Waals surface area contributed by atoms with Crippen LogP contribution in [0.1, 0.15) is 39.5 Å². The number of urea groups is 1. The summed E-state index contributed by atoms with van der Waals surface area (Å²) in [5, 5.41) is 0. The van der Waals surface area contributed by atoms with Crippen LogP contribution in [0.25, 0.3) is 0 Å². The molecule has 1 aliphatic heterocycles. The van der Waals surface area contributed by atoms with E-state index in [1.54, 1.807) is 23.6 Å². The molecule has 18 heavy (non-hydrogen) atoms. The van der Waals surface area contributed by atoms with Gasteiger partial charge in [-0.1, -0.05) is 19.8 Å². The van der Waals surface area contributed by atoms with Crippen molar-refractivity contribution in [1.29, 1.82) is 0 Å². The maximum atomic E-state index is 11.7. The zero-order chi connectivity index (χ0) is 13.6. The van der Waals surface area contributed by atoms with Gasteiger partial charge in [0.15, 0.2) is 0 Å². The number of hydrogen-bond donors (Lipinski definition) is 1. The smallest absolute Gasteiger partial charge is 0.315 e. The maximum Gasteiger partial charge on any atom is 0.315 e. The monoisotopic (exact) mass is 274 g/mol. The van der Waals surface area contributed by atoms with Crippen molar-refractivity contribution in [3.8, 4) is 0 Å². The summed E-state index contributed by atoms with van der Waals surface area (Å²) in [6.07, 6.45) is 3.01. The van der Waals surface area contributed by atoms with Crippen LogP contribution in [0.15, 0.2) is 0 Å². The topological polar surface area (TPSA) is 72.6 Å². The Labute approximate surface area is 112 Å². The van der Waals surface area contributed by atoms with Crippen LogP contribution in [0, 0.1) is 0 Å². The molecule has 0 bridgehead atoms. The Bertz CT molecular complexity index is 312. The van der Waals surface area contributed by atoms with E-state index in [0.29, 0.717) is 13.2 Å². The van der Waals surface area contributed by atoms with Gasteiger partial charge in [0, 0.05) is 12.3 Å². The summed E-state index contributed by atoms with van der Waals surface area (Å²) >= 11 is 1.64. The molecule has 0 spiro atoms. The summed E-state index contributed by atoms with van der Waals surface area (Å²) in [6, 6.07) is -0.444. The van der Waals surface area contributed by atoms with Crippen LogP contribution in [0.4, 0.5) is 4.79 Å². The highest BCUT2D eigenvalue weighted by Gasteiger charge is 2.45. The van der Waals surface area contributed by atoms with Gasteiger partial charge in [0.2, 0.25) is 0 Å². The Morgan fingerprint density at radius 1 is 1.44 bits per heavy atom. The van der Waals surface area contributed by atoms with Gasteiger partial charge >= 0.3 is 12.0 Å². The lowest BCUT2D eigenvalue weighted by Gasteiger charge is -2.35. The van der Waals surface area contributed by atoms with Crippen LogP contribution in [0.3, 0.4) is 0 Å². The first-order valence-electron chi connectivity index (χ1n) is 6.42.